The smallest absolute Gasteiger partial charge is 0.0753 e. The predicted molar refractivity (Wildman–Crippen MR) is 54.4 cm³/mol. The van der Waals surface area contributed by atoms with Gasteiger partial charge in [-0.05, 0) is 18.3 Å². The maximum atomic E-state index is 6.24. The number of hydrogen-bond acceptors (Lipinski definition) is 3. The first-order chi connectivity index (χ1) is 6.70. The number of aryl methyl sites for hydroxylation is 1. The largest absolute Gasteiger partial charge is 0.322 e. The highest BCUT2D eigenvalue weighted by atomic mass is 15.4. The number of hydrogen-bond donors (Lipinski definition) is 1. The molecule has 2 N–H and O–H groups in total. The molecule has 0 radical (unpaired) electrons. The van der Waals surface area contributed by atoms with E-state index >= 15 is 0 Å². The Kier molecular flexibility index (Phi) is 2.54. The molecule has 1 aliphatic carbocycles. The highest BCUT2D eigenvalue weighted by Gasteiger charge is 2.30. The van der Waals surface area contributed by atoms with Crippen molar-refractivity contribution in [3.63, 3.8) is 0 Å². The van der Waals surface area contributed by atoms with Crippen LogP contribution in [0.3, 0.4) is 0 Å². The molecule has 3 unspecified atom stereocenters. The summed E-state index contributed by atoms with van der Waals surface area (Å²) in [6.07, 6.45) is 5.65. The SMILES string of the molecule is CC1CCCC1C(N)c1cnnn1C. The maximum absolute atomic E-state index is 6.24. The Hall–Kier alpha value is -0.900. The summed E-state index contributed by atoms with van der Waals surface area (Å²) in [6, 6.07) is 0.104. The molecular weight excluding hydrogens is 176 g/mol. The van der Waals surface area contributed by atoms with Gasteiger partial charge in [0.05, 0.1) is 17.9 Å². The molecule has 4 heteroatoms. The molecule has 0 spiro atoms. The lowest BCUT2D eigenvalue weighted by molar-refractivity contribution is 0.339. The summed E-state index contributed by atoms with van der Waals surface area (Å²) in [7, 11) is 1.90. The van der Waals surface area contributed by atoms with Crippen molar-refractivity contribution in [2.45, 2.75) is 32.2 Å². The van der Waals surface area contributed by atoms with Gasteiger partial charge in [-0.3, -0.25) is 4.68 Å². The Balaban J connectivity index is 2.15. The fourth-order valence-corrected chi connectivity index (χ4v) is 2.53. The van der Waals surface area contributed by atoms with E-state index in [4.69, 9.17) is 5.73 Å². The molecule has 78 valence electrons. The average Bonchev–Trinajstić information content (AvgIpc) is 2.73. The van der Waals surface area contributed by atoms with Crippen molar-refractivity contribution in [3.05, 3.63) is 11.9 Å². The van der Waals surface area contributed by atoms with E-state index in [0.717, 1.165) is 11.6 Å². The molecule has 1 aromatic rings. The third kappa shape index (κ3) is 1.54. The summed E-state index contributed by atoms with van der Waals surface area (Å²) in [6.45, 7) is 2.29. The summed E-state index contributed by atoms with van der Waals surface area (Å²) < 4.78 is 1.79. The molecule has 4 nitrogen and oxygen atoms in total. The van der Waals surface area contributed by atoms with Gasteiger partial charge >= 0.3 is 0 Å². The van der Waals surface area contributed by atoms with E-state index in [-0.39, 0.29) is 6.04 Å². The molecule has 1 heterocycles. The number of nitrogens with two attached hydrogens (primary N) is 1. The maximum Gasteiger partial charge on any atom is 0.0753 e. The van der Waals surface area contributed by atoms with E-state index in [0.29, 0.717) is 5.92 Å². The van der Waals surface area contributed by atoms with Crippen LogP contribution in [0.5, 0.6) is 0 Å². The van der Waals surface area contributed by atoms with Gasteiger partial charge in [-0.25, -0.2) is 0 Å². The van der Waals surface area contributed by atoms with Crippen molar-refractivity contribution in [2.24, 2.45) is 24.6 Å². The van der Waals surface area contributed by atoms with Gasteiger partial charge in [0.25, 0.3) is 0 Å². The minimum Gasteiger partial charge on any atom is -0.322 e. The Morgan fingerprint density at radius 1 is 1.57 bits per heavy atom. The Labute approximate surface area is 84.5 Å². The fourth-order valence-electron chi connectivity index (χ4n) is 2.53. The van der Waals surface area contributed by atoms with E-state index in [1.54, 1.807) is 10.9 Å². The van der Waals surface area contributed by atoms with Crippen LogP contribution >= 0.6 is 0 Å². The van der Waals surface area contributed by atoms with Crippen LogP contribution < -0.4 is 5.73 Å². The molecule has 0 aliphatic heterocycles. The molecule has 1 fully saturated rings. The number of nitrogens with zero attached hydrogens (tertiary/aromatic N) is 3. The van der Waals surface area contributed by atoms with Crippen LogP contribution in [0.1, 0.15) is 37.9 Å². The van der Waals surface area contributed by atoms with E-state index in [9.17, 15) is 0 Å². The van der Waals surface area contributed by atoms with E-state index < -0.39 is 0 Å². The predicted octanol–water partition coefficient (Wildman–Crippen LogP) is 1.25. The summed E-state index contributed by atoms with van der Waals surface area (Å²) in [4.78, 5) is 0. The van der Waals surface area contributed by atoms with Crippen molar-refractivity contribution in [1.29, 1.82) is 0 Å². The molecule has 0 saturated heterocycles. The molecule has 1 aliphatic rings. The first-order valence-electron chi connectivity index (χ1n) is 5.30. The summed E-state index contributed by atoms with van der Waals surface area (Å²) in [5.41, 5.74) is 7.29. The van der Waals surface area contributed by atoms with Crippen molar-refractivity contribution in [1.82, 2.24) is 15.0 Å². The van der Waals surface area contributed by atoms with Crippen LogP contribution in [0.4, 0.5) is 0 Å². The molecular formula is C10H18N4. The first-order valence-corrected chi connectivity index (χ1v) is 5.30. The van der Waals surface area contributed by atoms with Crippen LogP contribution in [0.2, 0.25) is 0 Å². The molecule has 2 rings (SSSR count). The lowest BCUT2D eigenvalue weighted by atomic mass is 9.89. The molecule has 14 heavy (non-hydrogen) atoms. The van der Waals surface area contributed by atoms with E-state index in [1.165, 1.54) is 19.3 Å². The van der Waals surface area contributed by atoms with Crippen LogP contribution in [0.15, 0.2) is 6.20 Å². The second-order valence-electron chi connectivity index (χ2n) is 4.38. The second-order valence-corrected chi connectivity index (χ2v) is 4.38. The van der Waals surface area contributed by atoms with Gasteiger partial charge in [-0.2, -0.15) is 0 Å². The second kappa shape index (κ2) is 3.69. The van der Waals surface area contributed by atoms with Crippen molar-refractivity contribution >= 4 is 0 Å². The highest BCUT2D eigenvalue weighted by molar-refractivity contribution is 5.04. The zero-order valence-electron chi connectivity index (χ0n) is 8.85. The van der Waals surface area contributed by atoms with Gasteiger partial charge < -0.3 is 5.73 Å². The Morgan fingerprint density at radius 2 is 2.36 bits per heavy atom. The highest BCUT2D eigenvalue weighted by Crippen LogP contribution is 2.38. The zero-order valence-corrected chi connectivity index (χ0v) is 8.85. The quantitative estimate of drug-likeness (QED) is 0.771. The molecule has 3 atom stereocenters. The fraction of sp³-hybridized carbons (Fsp3) is 0.800. The Bertz CT molecular complexity index is 307. The summed E-state index contributed by atoms with van der Waals surface area (Å²) >= 11 is 0. The lowest BCUT2D eigenvalue weighted by Crippen LogP contribution is -2.25. The molecule has 0 aromatic carbocycles. The average molecular weight is 194 g/mol. The van der Waals surface area contributed by atoms with Crippen LogP contribution in [0, 0.1) is 11.8 Å². The summed E-state index contributed by atoms with van der Waals surface area (Å²) in [5, 5.41) is 7.79. The molecule has 1 aromatic heterocycles. The van der Waals surface area contributed by atoms with E-state index in [1.807, 2.05) is 7.05 Å². The zero-order chi connectivity index (χ0) is 10.1. The van der Waals surface area contributed by atoms with Gasteiger partial charge in [0.2, 0.25) is 0 Å². The molecule has 0 bridgehead atoms. The van der Waals surface area contributed by atoms with Crippen molar-refractivity contribution in [2.75, 3.05) is 0 Å². The number of aromatic nitrogens is 3. The van der Waals surface area contributed by atoms with E-state index in [2.05, 4.69) is 17.2 Å². The van der Waals surface area contributed by atoms with Crippen molar-refractivity contribution < 1.29 is 0 Å². The normalized spacial score (nSPS) is 29.4. The van der Waals surface area contributed by atoms with Gasteiger partial charge in [0.15, 0.2) is 0 Å². The number of rotatable bonds is 2. The third-order valence-electron chi connectivity index (χ3n) is 3.48. The van der Waals surface area contributed by atoms with Crippen LogP contribution in [-0.4, -0.2) is 15.0 Å². The first kappa shape index (κ1) is 9.65. The monoisotopic (exact) mass is 194 g/mol. The Morgan fingerprint density at radius 3 is 2.86 bits per heavy atom. The standard InChI is InChI=1S/C10H18N4/c1-7-4-3-5-8(7)10(11)9-6-12-13-14(9)2/h6-8,10H,3-5,11H2,1-2H3. The topological polar surface area (TPSA) is 56.7 Å². The van der Waals surface area contributed by atoms with Crippen LogP contribution in [0.25, 0.3) is 0 Å². The third-order valence-corrected chi connectivity index (χ3v) is 3.48. The van der Waals surface area contributed by atoms with Gasteiger partial charge in [0, 0.05) is 7.05 Å². The summed E-state index contributed by atoms with van der Waals surface area (Å²) in [5.74, 6) is 1.34. The minimum absolute atomic E-state index is 0.104. The lowest BCUT2D eigenvalue weighted by Gasteiger charge is -2.22. The van der Waals surface area contributed by atoms with Gasteiger partial charge in [0.1, 0.15) is 0 Å². The minimum atomic E-state index is 0.104. The van der Waals surface area contributed by atoms with Gasteiger partial charge in [-0.15, -0.1) is 5.10 Å². The molecule has 1 saturated carbocycles. The van der Waals surface area contributed by atoms with Gasteiger partial charge in [-0.1, -0.05) is 25.0 Å². The van der Waals surface area contributed by atoms with Crippen LogP contribution in [-0.2, 0) is 7.05 Å². The molecule has 0 amide bonds. The van der Waals surface area contributed by atoms with Crippen molar-refractivity contribution in [3.8, 4) is 0 Å².